The minimum atomic E-state index is -0.0916. The van der Waals surface area contributed by atoms with Gasteiger partial charge in [0.05, 0.1) is 0 Å². The minimum absolute atomic E-state index is 0.0534. The quantitative estimate of drug-likeness (QED) is 0.525. The monoisotopic (exact) mass is 542 g/mol. The van der Waals surface area contributed by atoms with Crippen LogP contribution in [0, 0.1) is 0 Å². The summed E-state index contributed by atoms with van der Waals surface area (Å²) in [6.45, 7) is 4.05. The van der Waals surface area contributed by atoms with Crippen molar-refractivity contribution >= 4 is 47.2 Å². The van der Waals surface area contributed by atoms with E-state index in [-0.39, 0.29) is 50.4 Å². The van der Waals surface area contributed by atoms with Gasteiger partial charge in [-0.05, 0) is 0 Å². The van der Waals surface area contributed by atoms with Crippen molar-refractivity contribution in [3.63, 3.8) is 0 Å². The van der Waals surface area contributed by atoms with Gasteiger partial charge in [-0.25, -0.2) is 0 Å². The normalized spacial score (nSPS) is 12.6. The van der Waals surface area contributed by atoms with Gasteiger partial charge in [0.15, 0.2) is 0 Å². The molecule has 2 aromatic rings. The Labute approximate surface area is 190 Å². The van der Waals surface area contributed by atoms with Crippen molar-refractivity contribution < 1.29 is 9.59 Å². The maximum absolute atomic E-state index is 12.1. The average molecular weight is 540 g/mol. The maximum atomic E-state index is 12.1. The van der Waals surface area contributed by atoms with Gasteiger partial charge in [0.1, 0.15) is 0 Å². The van der Waals surface area contributed by atoms with E-state index in [1.54, 1.807) is 38.0 Å². The Bertz CT molecular complexity index is 802. The molecule has 0 heterocycles. The Kier molecular flexibility index (Phi) is 9.25. The number of hydrogen-bond acceptors (Lipinski definition) is 2. The number of nitrogens with one attached hydrogen (secondary N) is 2. The summed E-state index contributed by atoms with van der Waals surface area (Å²) < 4.78 is 2.60. The van der Waals surface area contributed by atoms with Gasteiger partial charge in [0.25, 0.3) is 0 Å². The predicted octanol–water partition coefficient (Wildman–Crippen LogP) is 1.63. The van der Waals surface area contributed by atoms with Crippen LogP contribution in [0.15, 0.2) is 48.5 Å². The van der Waals surface area contributed by atoms with Crippen molar-refractivity contribution in [1.82, 2.24) is 20.4 Å². The summed E-state index contributed by atoms with van der Waals surface area (Å²) in [5.74, 6) is 0. The molecule has 162 valence electrons. The molecule has 0 aliphatic rings. The third kappa shape index (κ3) is 6.78. The summed E-state index contributed by atoms with van der Waals surface area (Å²) in [6.07, 6.45) is 0. The predicted molar refractivity (Wildman–Crippen MR) is 125 cm³/mol. The number of urea groups is 2. The molecule has 8 heteroatoms. The van der Waals surface area contributed by atoms with Gasteiger partial charge in [-0.15, -0.1) is 0 Å². The number of amides is 4. The average Bonchev–Trinajstić information content (AvgIpc) is 2.72. The summed E-state index contributed by atoms with van der Waals surface area (Å²) in [5, 5.41) is 6.10. The van der Waals surface area contributed by atoms with Gasteiger partial charge >= 0.3 is 191 Å². The second-order valence-electron chi connectivity index (χ2n) is 7.37. The summed E-state index contributed by atoms with van der Waals surface area (Å²) in [5.41, 5.74) is 2.34. The molecule has 30 heavy (non-hydrogen) atoms. The van der Waals surface area contributed by atoms with E-state index >= 15 is 0 Å². The van der Waals surface area contributed by atoms with Crippen LogP contribution in [-0.2, 0) is 0 Å². The summed E-state index contributed by atoms with van der Waals surface area (Å²) >= 11 is 0.504. The van der Waals surface area contributed by atoms with E-state index in [0.29, 0.717) is 0 Å². The van der Waals surface area contributed by atoms with Gasteiger partial charge in [-0.1, -0.05) is 0 Å². The molecule has 0 aliphatic heterocycles. The zero-order chi connectivity index (χ0) is 22.3. The topological polar surface area (TPSA) is 64.7 Å². The van der Waals surface area contributed by atoms with E-state index in [4.69, 9.17) is 0 Å². The number of nitrogens with zero attached hydrogens (tertiary/aromatic N) is 2. The van der Waals surface area contributed by atoms with Crippen LogP contribution in [0.3, 0.4) is 0 Å². The Morgan fingerprint density at radius 3 is 1.37 bits per heavy atom. The van der Waals surface area contributed by atoms with Crippen molar-refractivity contribution in [3.05, 3.63) is 59.7 Å². The second kappa shape index (κ2) is 11.4. The number of benzene rings is 2. The van der Waals surface area contributed by atoms with Crippen molar-refractivity contribution in [3.8, 4) is 0 Å². The Hall–Kier alpha value is -1.98. The van der Waals surface area contributed by atoms with Crippen molar-refractivity contribution in [2.24, 2.45) is 0 Å². The van der Waals surface area contributed by atoms with Gasteiger partial charge in [0.2, 0.25) is 0 Å². The van der Waals surface area contributed by atoms with Gasteiger partial charge in [-0.2, -0.15) is 0 Å². The van der Waals surface area contributed by atoms with Crippen LogP contribution < -0.4 is 19.6 Å². The van der Waals surface area contributed by atoms with E-state index in [1.807, 2.05) is 26.0 Å². The van der Waals surface area contributed by atoms with Crippen LogP contribution in [0.2, 0.25) is 0 Å². The SMILES string of the molecule is C[C@@H](NC(=O)N(C)C)c1ccccc1[Se][Se]c1ccccc1[C@@H](C)NC(=O)N(C)C. The summed E-state index contributed by atoms with van der Waals surface area (Å²) in [6, 6.07) is 16.4. The van der Waals surface area contributed by atoms with E-state index in [0.717, 1.165) is 0 Å². The molecular formula is C22H30N4O2Se2. The first-order chi connectivity index (χ1) is 14.2. The first-order valence-electron chi connectivity index (χ1n) is 9.68. The van der Waals surface area contributed by atoms with Crippen LogP contribution in [-0.4, -0.2) is 76.3 Å². The molecule has 0 saturated carbocycles. The Balaban J connectivity index is 2.15. The fraction of sp³-hybridized carbons (Fsp3) is 0.364. The molecule has 0 fully saturated rings. The summed E-state index contributed by atoms with van der Waals surface area (Å²) in [4.78, 5) is 27.2. The number of hydrogen-bond donors (Lipinski definition) is 2. The third-order valence-electron chi connectivity index (χ3n) is 4.48. The molecule has 2 aromatic carbocycles. The number of carbonyl (C=O) groups is 2. The second-order valence-corrected chi connectivity index (χ2v) is 13.6. The third-order valence-corrected chi connectivity index (χ3v) is 11.8. The number of rotatable bonds is 7. The fourth-order valence-corrected chi connectivity index (χ4v) is 10.3. The molecule has 0 radical (unpaired) electrons. The Morgan fingerprint density at radius 2 is 1.03 bits per heavy atom. The molecule has 0 saturated heterocycles. The van der Waals surface area contributed by atoms with E-state index in [2.05, 4.69) is 47.0 Å². The molecular weight excluding hydrogens is 510 g/mol. The van der Waals surface area contributed by atoms with Gasteiger partial charge < -0.3 is 0 Å². The fourth-order valence-electron chi connectivity index (χ4n) is 2.70. The first kappa shape index (κ1) is 24.3. The van der Waals surface area contributed by atoms with Crippen LogP contribution in [0.25, 0.3) is 0 Å². The van der Waals surface area contributed by atoms with E-state index < -0.39 is 0 Å². The van der Waals surface area contributed by atoms with Crippen LogP contribution in [0.5, 0.6) is 0 Å². The zero-order valence-electron chi connectivity index (χ0n) is 18.3. The molecule has 0 unspecified atom stereocenters. The summed E-state index contributed by atoms with van der Waals surface area (Å²) in [7, 11) is 6.98. The van der Waals surface area contributed by atoms with Crippen LogP contribution in [0.4, 0.5) is 9.59 Å². The van der Waals surface area contributed by atoms with Gasteiger partial charge in [0, 0.05) is 0 Å². The molecule has 4 amide bonds. The molecule has 0 aliphatic carbocycles. The Morgan fingerprint density at radius 1 is 0.700 bits per heavy atom. The molecule has 2 atom stereocenters. The number of carbonyl (C=O) groups excluding carboxylic acids is 2. The molecule has 6 nitrogen and oxygen atoms in total. The molecule has 0 bridgehead atoms. The molecule has 0 aromatic heterocycles. The zero-order valence-corrected chi connectivity index (χ0v) is 21.7. The standard InChI is InChI=1S/C22H30N4O2Se2/c1-15(23-21(27)25(3)4)17-11-7-9-13-19(17)29-30-20-14-10-8-12-18(20)16(2)24-22(28)26(5)6/h7-16H,1-6H3,(H,23,27)(H,24,28)/t15-,16-/m1/s1. The molecule has 2 N–H and O–H groups in total. The van der Waals surface area contributed by atoms with Crippen molar-refractivity contribution in [2.45, 2.75) is 25.9 Å². The first-order valence-corrected chi connectivity index (χ1v) is 15.7. The van der Waals surface area contributed by atoms with Crippen LogP contribution in [0.1, 0.15) is 37.1 Å². The van der Waals surface area contributed by atoms with E-state index in [1.165, 1.54) is 20.1 Å². The van der Waals surface area contributed by atoms with Crippen molar-refractivity contribution in [1.29, 1.82) is 0 Å². The van der Waals surface area contributed by atoms with Crippen molar-refractivity contribution in [2.75, 3.05) is 28.2 Å². The van der Waals surface area contributed by atoms with E-state index in [9.17, 15) is 9.59 Å². The van der Waals surface area contributed by atoms with Crippen LogP contribution >= 0.6 is 0 Å². The van der Waals surface area contributed by atoms with Gasteiger partial charge in [-0.3, -0.25) is 0 Å². The molecule has 2 rings (SSSR count). The molecule has 0 spiro atoms.